The summed E-state index contributed by atoms with van der Waals surface area (Å²) in [6.07, 6.45) is 4.74. The van der Waals surface area contributed by atoms with Crippen molar-refractivity contribution in [2.45, 2.75) is 25.8 Å². The molecule has 1 heterocycles. The highest BCUT2D eigenvalue weighted by atomic mass is 79.9. The maximum Gasteiger partial charge on any atom is 0.131 e. The van der Waals surface area contributed by atoms with Crippen molar-refractivity contribution in [2.24, 2.45) is 0 Å². The minimum atomic E-state index is 0.295. The van der Waals surface area contributed by atoms with Crippen LogP contribution in [0.1, 0.15) is 25.0 Å². The quantitative estimate of drug-likeness (QED) is 0.741. The van der Waals surface area contributed by atoms with Gasteiger partial charge in [-0.3, -0.25) is 0 Å². The lowest BCUT2D eigenvalue weighted by Gasteiger charge is -2.02. The van der Waals surface area contributed by atoms with E-state index in [1.165, 1.54) is 0 Å². The number of unbranched alkanes of at least 4 members (excludes halogenated alkanes) is 2. The van der Waals surface area contributed by atoms with Gasteiger partial charge in [-0.15, -0.1) is 0 Å². The van der Waals surface area contributed by atoms with Crippen LogP contribution >= 0.6 is 15.9 Å². The Morgan fingerprint density at radius 1 is 1.36 bits per heavy atom. The van der Waals surface area contributed by atoms with Gasteiger partial charge >= 0.3 is 0 Å². The number of hydrogen-bond donors (Lipinski definition) is 2. The molecule has 0 aromatic carbocycles. The summed E-state index contributed by atoms with van der Waals surface area (Å²) in [5.74, 6) is 0.937. The fourth-order valence-corrected chi connectivity index (χ4v) is 1.53. The Bertz CT molecular complexity index is 250. The van der Waals surface area contributed by atoms with Crippen LogP contribution in [-0.2, 0) is 6.54 Å². The van der Waals surface area contributed by atoms with Gasteiger partial charge in [0, 0.05) is 6.61 Å². The molecule has 0 amide bonds. The van der Waals surface area contributed by atoms with E-state index < -0.39 is 0 Å². The third kappa shape index (κ3) is 4.26. The van der Waals surface area contributed by atoms with Gasteiger partial charge in [0.2, 0.25) is 0 Å². The Morgan fingerprint density at radius 3 is 2.86 bits per heavy atom. The van der Waals surface area contributed by atoms with E-state index in [0.717, 1.165) is 42.6 Å². The zero-order valence-electron chi connectivity index (χ0n) is 8.13. The minimum absolute atomic E-state index is 0.295. The topological polar surface area (TPSA) is 45.4 Å². The fourth-order valence-electron chi connectivity index (χ4n) is 1.19. The molecule has 0 aliphatic carbocycles. The molecule has 0 radical (unpaired) electrons. The van der Waals surface area contributed by atoms with Gasteiger partial charge in [0.15, 0.2) is 0 Å². The molecule has 1 aromatic heterocycles. The van der Waals surface area contributed by atoms with Gasteiger partial charge in [-0.1, -0.05) is 0 Å². The van der Waals surface area contributed by atoms with E-state index in [4.69, 9.17) is 9.52 Å². The van der Waals surface area contributed by atoms with E-state index >= 15 is 0 Å². The highest BCUT2D eigenvalue weighted by molar-refractivity contribution is 9.10. The second-order valence-corrected chi connectivity index (χ2v) is 4.01. The number of nitrogens with one attached hydrogen (secondary N) is 1. The third-order valence-corrected chi connectivity index (χ3v) is 2.69. The second kappa shape index (κ2) is 7.04. The van der Waals surface area contributed by atoms with Crippen LogP contribution in [0.5, 0.6) is 0 Å². The third-order valence-electron chi connectivity index (χ3n) is 1.99. The maximum absolute atomic E-state index is 8.57. The number of halogens is 1. The molecule has 1 rings (SSSR count). The molecule has 0 saturated heterocycles. The van der Waals surface area contributed by atoms with Crippen LogP contribution in [0, 0.1) is 0 Å². The van der Waals surface area contributed by atoms with E-state index in [9.17, 15) is 0 Å². The molecule has 0 aliphatic rings. The van der Waals surface area contributed by atoms with Crippen LogP contribution in [0.4, 0.5) is 0 Å². The summed E-state index contributed by atoms with van der Waals surface area (Å²) >= 11 is 3.39. The van der Waals surface area contributed by atoms with Crippen LogP contribution in [0.15, 0.2) is 21.2 Å². The van der Waals surface area contributed by atoms with Crippen molar-refractivity contribution in [3.05, 3.63) is 22.6 Å². The van der Waals surface area contributed by atoms with Crippen LogP contribution < -0.4 is 5.32 Å². The van der Waals surface area contributed by atoms with E-state index in [1.807, 2.05) is 6.07 Å². The minimum Gasteiger partial charge on any atom is -0.467 e. The smallest absolute Gasteiger partial charge is 0.131 e. The average Bonchev–Trinajstić information content (AvgIpc) is 2.58. The van der Waals surface area contributed by atoms with Crippen LogP contribution in [-0.4, -0.2) is 18.3 Å². The highest BCUT2D eigenvalue weighted by Crippen LogP contribution is 2.16. The van der Waals surface area contributed by atoms with Gasteiger partial charge in [-0.05, 0) is 47.8 Å². The molecule has 1 aromatic rings. The molecule has 80 valence electrons. The zero-order chi connectivity index (χ0) is 10.2. The van der Waals surface area contributed by atoms with Crippen molar-refractivity contribution < 1.29 is 9.52 Å². The molecule has 14 heavy (non-hydrogen) atoms. The lowest BCUT2D eigenvalue weighted by molar-refractivity contribution is 0.282. The van der Waals surface area contributed by atoms with Crippen molar-refractivity contribution in [1.29, 1.82) is 0 Å². The van der Waals surface area contributed by atoms with E-state index in [0.29, 0.717) is 6.61 Å². The Balaban J connectivity index is 2.02. The van der Waals surface area contributed by atoms with Gasteiger partial charge in [-0.2, -0.15) is 0 Å². The Kier molecular flexibility index (Phi) is 5.91. The van der Waals surface area contributed by atoms with Gasteiger partial charge in [0.25, 0.3) is 0 Å². The van der Waals surface area contributed by atoms with Gasteiger partial charge in [0.05, 0.1) is 17.3 Å². The number of aliphatic hydroxyl groups is 1. The Labute approximate surface area is 92.6 Å². The molecular formula is C10H16BrNO2. The van der Waals surface area contributed by atoms with Crippen LogP contribution in [0.2, 0.25) is 0 Å². The number of furan rings is 1. The predicted octanol–water partition coefficient (Wildman–Crippen LogP) is 2.29. The summed E-state index contributed by atoms with van der Waals surface area (Å²) in [6, 6.07) is 1.89. The number of aliphatic hydroxyl groups excluding tert-OH is 1. The molecule has 0 atom stereocenters. The fraction of sp³-hybridized carbons (Fsp3) is 0.600. The summed E-state index contributed by atoms with van der Waals surface area (Å²) in [5, 5.41) is 11.8. The molecule has 0 fully saturated rings. The van der Waals surface area contributed by atoms with Crippen molar-refractivity contribution >= 4 is 15.9 Å². The molecule has 2 N–H and O–H groups in total. The molecule has 0 saturated carbocycles. The maximum atomic E-state index is 8.57. The van der Waals surface area contributed by atoms with Gasteiger partial charge < -0.3 is 14.8 Å². The van der Waals surface area contributed by atoms with Crippen LogP contribution in [0.3, 0.4) is 0 Å². The second-order valence-electron chi connectivity index (χ2n) is 3.15. The first kappa shape index (κ1) is 11.8. The summed E-state index contributed by atoms with van der Waals surface area (Å²) in [7, 11) is 0. The molecule has 4 heteroatoms. The summed E-state index contributed by atoms with van der Waals surface area (Å²) in [4.78, 5) is 0. The predicted molar refractivity (Wildman–Crippen MR) is 59.1 cm³/mol. The molecule has 3 nitrogen and oxygen atoms in total. The van der Waals surface area contributed by atoms with Crippen molar-refractivity contribution in [3.63, 3.8) is 0 Å². The lowest BCUT2D eigenvalue weighted by Crippen LogP contribution is -2.14. The first-order valence-electron chi connectivity index (χ1n) is 4.88. The molecule has 0 spiro atoms. The molecular weight excluding hydrogens is 246 g/mol. The highest BCUT2D eigenvalue weighted by Gasteiger charge is 2.01. The first-order valence-corrected chi connectivity index (χ1v) is 5.67. The van der Waals surface area contributed by atoms with Crippen molar-refractivity contribution in [2.75, 3.05) is 13.2 Å². The van der Waals surface area contributed by atoms with E-state index in [2.05, 4.69) is 21.2 Å². The number of rotatable bonds is 7. The summed E-state index contributed by atoms with van der Waals surface area (Å²) in [5.41, 5.74) is 0. The molecule has 0 bridgehead atoms. The largest absolute Gasteiger partial charge is 0.467 e. The summed E-state index contributed by atoms with van der Waals surface area (Å²) in [6.45, 7) is 2.02. The average molecular weight is 262 g/mol. The van der Waals surface area contributed by atoms with E-state index in [1.54, 1.807) is 6.26 Å². The zero-order valence-corrected chi connectivity index (χ0v) is 9.72. The van der Waals surface area contributed by atoms with Gasteiger partial charge in [0.1, 0.15) is 5.76 Å². The lowest BCUT2D eigenvalue weighted by atomic mass is 10.2. The SMILES string of the molecule is OCCCCCNCc1occc1Br. The van der Waals surface area contributed by atoms with Crippen molar-refractivity contribution in [1.82, 2.24) is 5.32 Å². The Morgan fingerprint density at radius 2 is 2.21 bits per heavy atom. The molecule has 0 unspecified atom stereocenters. The standard InChI is InChI=1S/C10H16BrNO2/c11-9-4-7-14-10(9)8-12-5-2-1-3-6-13/h4,7,12-13H,1-3,5-6,8H2. The van der Waals surface area contributed by atoms with Crippen LogP contribution in [0.25, 0.3) is 0 Å². The normalized spacial score (nSPS) is 10.7. The van der Waals surface area contributed by atoms with Crippen molar-refractivity contribution in [3.8, 4) is 0 Å². The first-order chi connectivity index (χ1) is 6.84. The Hall–Kier alpha value is -0.320. The van der Waals surface area contributed by atoms with E-state index in [-0.39, 0.29) is 0 Å². The summed E-state index contributed by atoms with van der Waals surface area (Å²) < 4.78 is 6.26. The van der Waals surface area contributed by atoms with Gasteiger partial charge in [-0.25, -0.2) is 0 Å². The number of hydrogen-bond acceptors (Lipinski definition) is 3. The molecule has 0 aliphatic heterocycles. The monoisotopic (exact) mass is 261 g/mol.